The Bertz CT molecular complexity index is 336. The Balaban J connectivity index is 2.89. The topological polar surface area (TPSA) is 46.2 Å². The van der Waals surface area contributed by atoms with Crippen molar-refractivity contribution in [1.82, 2.24) is 0 Å². The van der Waals surface area contributed by atoms with Crippen LogP contribution < -0.4 is 0 Å². The van der Waals surface area contributed by atoms with Gasteiger partial charge >= 0.3 is 0 Å². The molecule has 1 heterocycles. The van der Waals surface area contributed by atoms with Crippen LogP contribution in [0.2, 0.25) is 0 Å². The van der Waals surface area contributed by atoms with Gasteiger partial charge in [-0.1, -0.05) is 46.1 Å². The van der Waals surface area contributed by atoms with E-state index < -0.39 is 6.29 Å². The Morgan fingerprint density at radius 3 is 1.72 bits per heavy atom. The van der Waals surface area contributed by atoms with Crippen molar-refractivity contribution in [2.75, 3.05) is 26.9 Å². The van der Waals surface area contributed by atoms with Gasteiger partial charge in [-0.3, -0.25) is 0 Å². The third-order valence-electron chi connectivity index (χ3n) is 4.42. The number of ether oxygens (including phenoxy) is 5. The second kappa shape index (κ2) is 13.7. The molecule has 0 aromatic carbocycles. The van der Waals surface area contributed by atoms with Crippen LogP contribution in [0.5, 0.6) is 0 Å². The van der Waals surface area contributed by atoms with Gasteiger partial charge in [-0.15, -0.1) is 6.58 Å². The van der Waals surface area contributed by atoms with Crippen molar-refractivity contribution in [2.45, 2.75) is 90.0 Å². The molecule has 0 bridgehead atoms. The zero-order valence-electron chi connectivity index (χ0n) is 16.6. The maximum Gasteiger partial charge on any atom is 0.186 e. The number of methoxy groups -OCH3 is 1. The number of rotatable bonds is 14. The van der Waals surface area contributed by atoms with Gasteiger partial charge in [0, 0.05) is 26.9 Å². The van der Waals surface area contributed by atoms with E-state index in [2.05, 4.69) is 27.4 Å². The van der Waals surface area contributed by atoms with Crippen LogP contribution in [-0.2, 0) is 23.7 Å². The van der Waals surface area contributed by atoms with Gasteiger partial charge in [0.25, 0.3) is 0 Å². The van der Waals surface area contributed by atoms with Gasteiger partial charge < -0.3 is 23.7 Å². The lowest BCUT2D eigenvalue weighted by atomic mass is 9.97. The van der Waals surface area contributed by atoms with Gasteiger partial charge in [0.05, 0.1) is 0 Å². The summed E-state index contributed by atoms with van der Waals surface area (Å²) in [7, 11) is 1.64. The summed E-state index contributed by atoms with van der Waals surface area (Å²) in [6, 6.07) is 0. The van der Waals surface area contributed by atoms with Crippen molar-refractivity contribution in [3.63, 3.8) is 0 Å². The van der Waals surface area contributed by atoms with E-state index in [-0.39, 0.29) is 24.4 Å². The SMILES string of the molecule is C=CC1O[C@H](OC)C(OCCCC)[C@@H](OCCCC)[C@H]1OCCCC. The van der Waals surface area contributed by atoms with Crippen molar-refractivity contribution < 1.29 is 23.7 Å². The molecule has 0 aromatic heterocycles. The molecule has 5 atom stereocenters. The van der Waals surface area contributed by atoms with E-state index in [9.17, 15) is 0 Å². The fourth-order valence-corrected chi connectivity index (χ4v) is 2.86. The average molecular weight is 359 g/mol. The second-order valence-corrected chi connectivity index (χ2v) is 6.51. The molecule has 2 unspecified atom stereocenters. The standard InChI is InChI=1S/C20H38O5/c1-6-10-13-22-17-16(9-4)25-20(21-5)19(24-15-12-8-3)18(17)23-14-11-7-2/h9,16-20H,4,6-8,10-15H2,1-3,5H3/t16?,17-,18-,19?,20-/m0/s1. The summed E-state index contributed by atoms with van der Waals surface area (Å²) in [6.45, 7) is 12.4. The molecule has 5 nitrogen and oxygen atoms in total. The van der Waals surface area contributed by atoms with Crippen LogP contribution in [0.1, 0.15) is 59.3 Å². The van der Waals surface area contributed by atoms with Gasteiger partial charge in [0.1, 0.15) is 24.4 Å². The molecule has 1 aliphatic rings. The summed E-state index contributed by atoms with van der Waals surface area (Å²) >= 11 is 0. The van der Waals surface area contributed by atoms with Crippen LogP contribution in [-0.4, -0.2) is 57.6 Å². The lowest BCUT2D eigenvalue weighted by molar-refractivity contribution is -0.304. The van der Waals surface area contributed by atoms with Crippen LogP contribution in [0, 0.1) is 0 Å². The zero-order valence-corrected chi connectivity index (χ0v) is 16.6. The normalized spacial score (nSPS) is 29.7. The summed E-state index contributed by atoms with van der Waals surface area (Å²) in [6.07, 6.45) is 6.58. The van der Waals surface area contributed by atoms with E-state index in [1.54, 1.807) is 13.2 Å². The van der Waals surface area contributed by atoms with Crippen molar-refractivity contribution >= 4 is 0 Å². The predicted molar refractivity (Wildman–Crippen MR) is 99.8 cm³/mol. The lowest BCUT2D eigenvalue weighted by Gasteiger charge is -2.44. The van der Waals surface area contributed by atoms with Gasteiger partial charge in [-0.25, -0.2) is 0 Å². The van der Waals surface area contributed by atoms with Gasteiger partial charge in [0.2, 0.25) is 0 Å². The number of unbranched alkanes of at least 4 members (excludes halogenated alkanes) is 3. The highest BCUT2D eigenvalue weighted by atomic mass is 16.7. The summed E-state index contributed by atoms with van der Waals surface area (Å²) in [5, 5.41) is 0. The van der Waals surface area contributed by atoms with Crippen molar-refractivity contribution in [3.8, 4) is 0 Å². The Morgan fingerprint density at radius 2 is 1.28 bits per heavy atom. The molecule has 0 spiro atoms. The molecular weight excluding hydrogens is 320 g/mol. The second-order valence-electron chi connectivity index (χ2n) is 6.51. The molecule has 25 heavy (non-hydrogen) atoms. The van der Waals surface area contributed by atoms with Crippen LogP contribution in [0.4, 0.5) is 0 Å². The molecule has 0 N–H and O–H groups in total. The molecule has 0 aliphatic carbocycles. The Hall–Kier alpha value is -0.460. The molecular formula is C20H38O5. The summed E-state index contributed by atoms with van der Waals surface area (Å²) < 4.78 is 30.1. The van der Waals surface area contributed by atoms with E-state index in [1.807, 2.05) is 0 Å². The van der Waals surface area contributed by atoms with E-state index in [4.69, 9.17) is 23.7 Å². The molecule has 1 fully saturated rings. The minimum absolute atomic E-state index is 0.220. The first-order valence-electron chi connectivity index (χ1n) is 9.88. The Morgan fingerprint density at radius 1 is 0.800 bits per heavy atom. The van der Waals surface area contributed by atoms with Gasteiger partial charge in [-0.2, -0.15) is 0 Å². The van der Waals surface area contributed by atoms with Gasteiger partial charge in [0.15, 0.2) is 6.29 Å². The van der Waals surface area contributed by atoms with E-state index in [1.165, 1.54) is 0 Å². The quantitative estimate of drug-likeness (QED) is 0.345. The fourth-order valence-electron chi connectivity index (χ4n) is 2.86. The van der Waals surface area contributed by atoms with Gasteiger partial charge in [-0.05, 0) is 19.3 Å². The smallest absolute Gasteiger partial charge is 0.186 e. The molecule has 0 saturated carbocycles. The first kappa shape index (κ1) is 22.6. The zero-order chi connectivity index (χ0) is 18.5. The summed E-state index contributed by atoms with van der Waals surface area (Å²) in [5.74, 6) is 0. The monoisotopic (exact) mass is 358 g/mol. The maximum atomic E-state index is 6.22. The summed E-state index contributed by atoms with van der Waals surface area (Å²) in [5.41, 5.74) is 0. The third kappa shape index (κ3) is 7.35. The first-order valence-corrected chi connectivity index (χ1v) is 9.88. The molecule has 1 saturated heterocycles. The average Bonchev–Trinajstić information content (AvgIpc) is 2.63. The maximum absolute atomic E-state index is 6.22. The van der Waals surface area contributed by atoms with Crippen molar-refractivity contribution in [1.29, 1.82) is 0 Å². The Kier molecular flexibility index (Phi) is 12.4. The van der Waals surface area contributed by atoms with E-state index in [0.29, 0.717) is 19.8 Å². The van der Waals surface area contributed by atoms with Crippen molar-refractivity contribution in [2.24, 2.45) is 0 Å². The molecule has 5 heteroatoms. The molecule has 1 aliphatic heterocycles. The van der Waals surface area contributed by atoms with Crippen LogP contribution in [0.15, 0.2) is 12.7 Å². The van der Waals surface area contributed by atoms with E-state index >= 15 is 0 Å². The highest BCUT2D eigenvalue weighted by Gasteiger charge is 2.47. The predicted octanol–water partition coefficient (Wildman–Crippen LogP) is 4.10. The minimum Gasteiger partial charge on any atom is -0.372 e. The van der Waals surface area contributed by atoms with Crippen molar-refractivity contribution in [3.05, 3.63) is 12.7 Å². The highest BCUT2D eigenvalue weighted by Crippen LogP contribution is 2.29. The molecule has 0 amide bonds. The molecule has 0 aromatic rings. The van der Waals surface area contributed by atoms with Crippen LogP contribution in [0.3, 0.4) is 0 Å². The molecule has 1 rings (SSSR count). The number of hydrogen-bond acceptors (Lipinski definition) is 5. The molecule has 0 radical (unpaired) electrons. The fraction of sp³-hybridized carbons (Fsp3) is 0.900. The third-order valence-corrected chi connectivity index (χ3v) is 4.42. The van der Waals surface area contributed by atoms with Crippen LogP contribution >= 0.6 is 0 Å². The Labute approximate surface area is 154 Å². The summed E-state index contributed by atoms with van der Waals surface area (Å²) in [4.78, 5) is 0. The first-order chi connectivity index (χ1) is 12.2. The minimum atomic E-state index is -0.475. The lowest BCUT2D eigenvalue weighted by Crippen LogP contribution is -2.60. The van der Waals surface area contributed by atoms with E-state index in [0.717, 1.165) is 38.5 Å². The molecule has 148 valence electrons. The van der Waals surface area contributed by atoms with Crippen LogP contribution in [0.25, 0.3) is 0 Å². The highest BCUT2D eigenvalue weighted by molar-refractivity contribution is 4.99. The largest absolute Gasteiger partial charge is 0.372 e. The number of hydrogen-bond donors (Lipinski definition) is 0.